The van der Waals surface area contributed by atoms with Crippen molar-refractivity contribution in [3.05, 3.63) is 65.7 Å². The third-order valence-electron chi connectivity index (χ3n) is 3.89. The predicted octanol–water partition coefficient (Wildman–Crippen LogP) is 2.73. The molecule has 6 nitrogen and oxygen atoms in total. The van der Waals surface area contributed by atoms with Gasteiger partial charge in [-0.2, -0.15) is 0 Å². The second kappa shape index (κ2) is 13.8. The van der Waals surface area contributed by atoms with Crippen molar-refractivity contribution in [2.45, 2.75) is 19.9 Å². The molecule has 0 atom stereocenters. The molecular formula is C21H29IN4O2. The van der Waals surface area contributed by atoms with Crippen LogP contribution in [0, 0.1) is 0 Å². The number of halogens is 1. The molecule has 0 heterocycles. The minimum absolute atomic E-state index is 0. The quantitative estimate of drug-likeness (QED) is 0.284. The highest BCUT2D eigenvalue weighted by molar-refractivity contribution is 14.0. The van der Waals surface area contributed by atoms with E-state index in [1.807, 2.05) is 49.4 Å². The molecule has 2 rings (SSSR count). The first-order valence-corrected chi connectivity index (χ1v) is 9.17. The summed E-state index contributed by atoms with van der Waals surface area (Å²) in [5.74, 6) is 1.36. The van der Waals surface area contributed by atoms with Crippen LogP contribution in [-0.2, 0) is 17.8 Å². The van der Waals surface area contributed by atoms with Gasteiger partial charge in [-0.25, -0.2) is 4.99 Å². The number of rotatable bonds is 9. The lowest BCUT2D eigenvalue weighted by atomic mass is 10.1. The summed E-state index contributed by atoms with van der Waals surface area (Å²) >= 11 is 0. The molecule has 0 spiro atoms. The first-order valence-electron chi connectivity index (χ1n) is 9.17. The van der Waals surface area contributed by atoms with E-state index in [1.165, 1.54) is 5.56 Å². The summed E-state index contributed by atoms with van der Waals surface area (Å²) in [6.07, 6.45) is 0.816. The van der Waals surface area contributed by atoms with E-state index in [2.05, 4.69) is 33.1 Å². The fourth-order valence-electron chi connectivity index (χ4n) is 2.50. The van der Waals surface area contributed by atoms with E-state index in [4.69, 9.17) is 4.74 Å². The molecule has 28 heavy (non-hydrogen) atoms. The summed E-state index contributed by atoms with van der Waals surface area (Å²) in [5.41, 5.74) is 2.25. The Kier molecular flexibility index (Phi) is 11.7. The van der Waals surface area contributed by atoms with E-state index < -0.39 is 0 Å². The molecule has 1 amide bonds. The number of benzene rings is 2. The van der Waals surface area contributed by atoms with Gasteiger partial charge in [-0.3, -0.25) is 4.79 Å². The van der Waals surface area contributed by atoms with Crippen LogP contribution in [-0.4, -0.2) is 38.6 Å². The molecular weight excluding hydrogens is 467 g/mol. The fourth-order valence-corrected chi connectivity index (χ4v) is 2.50. The molecule has 3 N–H and O–H groups in total. The van der Waals surface area contributed by atoms with Crippen LogP contribution in [0.2, 0.25) is 0 Å². The van der Waals surface area contributed by atoms with Crippen molar-refractivity contribution in [2.24, 2.45) is 4.99 Å². The van der Waals surface area contributed by atoms with E-state index in [9.17, 15) is 4.79 Å². The van der Waals surface area contributed by atoms with Gasteiger partial charge >= 0.3 is 0 Å². The zero-order chi connectivity index (χ0) is 19.3. The third-order valence-corrected chi connectivity index (χ3v) is 3.89. The summed E-state index contributed by atoms with van der Waals surface area (Å²) in [5, 5.41) is 9.13. The first-order chi connectivity index (χ1) is 13.2. The van der Waals surface area contributed by atoms with E-state index in [0.29, 0.717) is 19.0 Å². The highest BCUT2D eigenvalue weighted by Gasteiger charge is 2.04. The predicted molar refractivity (Wildman–Crippen MR) is 124 cm³/mol. The Balaban J connectivity index is 0.00000392. The maximum absolute atomic E-state index is 12.0. The summed E-state index contributed by atoms with van der Waals surface area (Å²) in [6.45, 7) is 4.01. The largest absolute Gasteiger partial charge is 0.497 e. The van der Waals surface area contributed by atoms with Gasteiger partial charge < -0.3 is 20.7 Å². The highest BCUT2D eigenvalue weighted by atomic mass is 127. The Morgan fingerprint density at radius 3 is 2.46 bits per heavy atom. The lowest BCUT2D eigenvalue weighted by Crippen LogP contribution is -2.43. The molecule has 0 radical (unpaired) electrons. The summed E-state index contributed by atoms with van der Waals surface area (Å²) in [6, 6.07) is 17.9. The number of carbonyl (C=O) groups excluding carboxylic acids is 1. The maximum Gasteiger partial charge on any atom is 0.239 e. The van der Waals surface area contributed by atoms with Gasteiger partial charge in [0.15, 0.2) is 5.96 Å². The number of aliphatic imine (C=N–C) groups is 1. The van der Waals surface area contributed by atoms with Crippen molar-refractivity contribution in [2.75, 3.05) is 26.7 Å². The molecule has 0 unspecified atom stereocenters. The van der Waals surface area contributed by atoms with Gasteiger partial charge in [-0.15, -0.1) is 24.0 Å². The molecule has 152 valence electrons. The molecule has 0 aromatic heterocycles. The number of methoxy groups -OCH3 is 1. The van der Waals surface area contributed by atoms with Gasteiger partial charge in [0.05, 0.1) is 20.2 Å². The van der Waals surface area contributed by atoms with Crippen molar-refractivity contribution in [1.82, 2.24) is 16.0 Å². The maximum atomic E-state index is 12.0. The molecule has 0 bridgehead atoms. The number of hydrogen-bond acceptors (Lipinski definition) is 3. The molecule has 2 aromatic rings. The summed E-state index contributed by atoms with van der Waals surface area (Å²) in [7, 11) is 1.64. The van der Waals surface area contributed by atoms with Gasteiger partial charge in [-0.05, 0) is 36.6 Å². The normalized spacial score (nSPS) is 10.6. The molecule has 0 saturated carbocycles. The Morgan fingerprint density at radius 2 is 1.75 bits per heavy atom. The second-order valence-corrected chi connectivity index (χ2v) is 5.99. The van der Waals surface area contributed by atoms with Crippen molar-refractivity contribution >= 4 is 35.8 Å². The summed E-state index contributed by atoms with van der Waals surface area (Å²) < 4.78 is 5.22. The van der Waals surface area contributed by atoms with Crippen LogP contribution in [0.3, 0.4) is 0 Å². The lowest BCUT2D eigenvalue weighted by molar-refractivity contribution is -0.119. The third kappa shape index (κ3) is 9.07. The Bertz CT molecular complexity index is 738. The average molecular weight is 496 g/mol. The van der Waals surface area contributed by atoms with Crippen LogP contribution in [0.25, 0.3) is 0 Å². The van der Waals surface area contributed by atoms with Gasteiger partial charge in [0.25, 0.3) is 0 Å². The van der Waals surface area contributed by atoms with Crippen LogP contribution in [0.4, 0.5) is 0 Å². The lowest BCUT2D eigenvalue weighted by Gasteiger charge is -2.12. The van der Waals surface area contributed by atoms with Crippen molar-refractivity contribution in [3.8, 4) is 5.75 Å². The topological polar surface area (TPSA) is 74.8 Å². The molecule has 0 aliphatic carbocycles. The molecule has 0 fully saturated rings. The molecule has 0 aliphatic heterocycles. The minimum atomic E-state index is -0.0575. The van der Waals surface area contributed by atoms with Crippen molar-refractivity contribution in [3.63, 3.8) is 0 Å². The number of nitrogens with zero attached hydrogens (tertiary/aromatic N) is 1. The SMILES string of the molecule is CCNC(=NCc1cccc(OC)c1)NCC(=O)NCCc1ccccc1.I. The average Bonchev–Trinajstić information content (AvgIpc) is 2.71. The van der Waals surface area contributed by atoms with Gasteiger partial charge in [0.1, 0.15) is 5.75 Å². The van der Waals surface area contributed by atoms with Crippen LogP contribution < -0.4 is 20.7 Å². The van der Waals surface area contributed by atoms with E-state index in [1.54, 1.807) is 7.11 Å². The Morgan fingerprint density at radius 1 is 1.00 bits per heavy atom. The van der Waals surface area contributed by atoms with Crippen LogP contribution in [0.15, 0.2) is 59.6 Å². The Labute approximate surface area is 184 Å². The van der Waals surface area contributed by atoms with Crippen molar-refractivity contribution < 1.29 is 9.53 Å². The monoisotopic (exact) mass is 496 g/mol. The zero-order valence-corrected chi connectivity index (χ0v) is 18.7. The second-order valence-electron chi connectivity index (χ2n) is 5.99. The van der Waals surface area contributed by atoms with Crippen molar-refractivity contribution in [1.29, 1.82) is 0 Å². The van der Waals surface area contributed by atoms with Gasteiger partial charge in [0.2, 0.25) is 5.91 Å². The van der Waals surface area contributed by atoms with Crippen LogP contribution >= 0.6 is 24.0 Å². The number of hydrogen-bond donors (Lipinski definition) is 3. The minimum Gasteiger partial charge on any atom is -0.497 e. The van der Waals surface area contributed by atoms with Gasteiger partial charge in [-0.1, -0.05) is 42.5 Å². The number of nitrogens with one attached hydrogen (secondary N) is 3. The molecule has 7 heteroatoms. The standard InChI is InChI=1S/C21H28N4O2.HI/c1-3-22-21(24-15-18-10-7-11-19(14-18)27-2)25-16-20(26)23-13-12-17-8-5-4-6-9-17;/h4-11,14H,3,12-13,15-16H2,1-2H3,(H,23,26)(H2,22,24,25);1H. The first kappa shape index (κ1) is 23.7. The zero-order valence-electron chi connectivity index (χ0n) is 16.4. The Hall–Kier alpha value is -2.29. The number of amides is 1. The molecule has 2 aromatic carbocycles. The highest BCUT2D eigenvalue weighted by Crippen LogP contribution is 2.13. The van der Waals surface area contributed by atoms with E-state index >= 15 is 0 Å². The number of carbonyl (C=O) groups is 1. The van der Waals surface area contributed by atoms with Crippen LogP contribution in [0.1, 0.15) is 18.1 Å². The summed E-state index contributed by atoms with van der Waals surface area (Å²) in [4.78, 5) is 16.5. The van der Waals surface area contributed by atoms with Gasteiger partial charge in [0, 0.05) is 13.1 Å². The fraction of sp³-hybridized carbons (Fsp3) is 0.333. The smallest absolute Gasteiger partial charge is 0.239 e. The van der Waals surface area contributed by atoms with Crippen LogP contribution in [0.5, 0.6) is 5.75 Å². The molecule has 0 aliphatic rings. The molecule has 0 saturated heterocycles. The number of ether oxygens (including phenoxy) is 1. The van der Waals surface area contributed by atoms with E-state index in [-0.39, 0.29) is 36.4 Å². The van der Waals surface area contributed by atoms with E-state index in [0.717, 1.165) is 24.3 Å². The number of guanidine groups is 1.